The van der Waals surface area contributed by atoms with Gasteiger partial charge in [0.25, 0.3) is 0 Å². The smallest absolute Gasteiger partial charge is 0.236 e. The molecule has 0 aromatic heterocycles. The molecule has 0 aliphatic rings. The summed E-state index contributed by atoms with van der Waals surface area (Å²) in [5, 5.41) is 10.1. The highest BCUT2D eigenvalue weighted by molar-refractivity contribution is 5.77. The van der Waals surface area contributed by atoms with Crippen LogP contribution in [0.1, 0.15) is 18.9 Å². The second-order valence-corrected chi connectivity index (χ2v) is 4.97. The van der Waals surface area contributed by atoms with Crippen LogP contribution in [0.25, 0.3) is 0 Å². The minimum atomic E-state index is 0.0563. The van der Waals surface area contributed by atoms with Crippen molar-refractivity contribution in [3.05, 3.63) is 23.8 Å². The number of amides is 1. The van der Waals surface area contributed by atoms with Crippen LogP contribution in [0.2, 0.25) is 0 Å². The van der Waals surface area contributed by atoms with E-state index < -0.39 is 0 Å². The van der Waals surface area contributed by atoms with Gasteiger partial charge in [-0.1, -0.05) is 19.1 Å². The fourth-order valence-electron chi connectivity index (χ4n) is 1.96. The fraction of sp³-hybridized carbons (Fsp3) is 0.533. The first-order valence-corrected chi connectivity index (χ1v) is 6.77. The van der Waals surface area contributed by atoms with E-state index in [-0.39, 0.29) is 11.7 Å². The molecule has 0 heterocycles. The SMILES string of the molecule is CCCN(CC(=O)N(C)C)Cc1cccc(OC)c1O. The molecule has 5 heteroatoms. The number of carbonyl (C=O) groups is 1. The average molecular weight is 280 g/mol. The summed E-state index contributed by atoms with van der Waals surface area (Å²) in [5.41, 5.74) is 0.768. The first-order chi connectivity index (χ1) is 9.49. The third kappa shape index (κ3) is 4.42. The van der Waals surface area contributed by atoms with Crippen LogP contribution >= 0.6 is 0 Å². The van der Waals surface area contributed by atoms with Gasteiger partial charge < -0.3 is 14.7 Å². The summed E-state index contributed by atoms with van der Waals surface area (Å²) < 4.78 is 5.10. The van der Waals surface area contributed by atoms with Gasteiger partial charge in [0.1, 0.15) is 0 Å². The lowest BCUT2D eigenvalue weighted by Crippen LogP contribution is -2.36. The molecular formula is C15H24N2O3. The third-order valence-corrected chi connectivity index (χ3v) is 3.09. The molecule has 1 aromatic carbocycles. The van der Waals surface area contributed by atoms with Gasteiger partial charge in [0.05, 0.1) is 13.7 Å². The molecule has 112 valence electrons. The van der Waals surface area contributed by atoms with Gasteiger partial charge in [0, 0.05) is 26.2 Å². The van der Waals surface area contributed by atoms with E-state index in [4.69, 9.17) is 4.74 Å². The van der Waals surface area contributed by atoms with Crippen molar-refractivity contribution >= 4 is 5.91 Å². The van der Waals surface area contributed by atoms with Crippen molar-refractivity contribution in [2.45, 2.75) is 19.9 Å². The number of nitrogens with zero attached hydrogens (tertiary/aromatic N) is 2. The second kappa shape index (κ2) is 7.75. The minimum Gasteiger partial charge on any atom is -0.504 e. The van der Waals surface area contributed by atoms with E-state index in [2.05, 4.69) is 6.92 Å². The summed E-state index contributed by atoms with van der Waals surface area (Å²) in [4.78, 5) is 15.4. The fourth-order valence-corrected chi connectivity index (χ4v) is 1.96. The van der Waals surface area contributed by atoms with Crippen LogP contribution in [-0.2, 0) is 11.3 Å². The zero-order valence-corrected chi connectivity index (χ0v) is 12.7. The molecule has 1 rings (SSSR count). The normalized spacial score (nSPS) is 10.7. The lowest BCUT2D eigenvalue weighted by atomic mass is 10.1. The predicted molar refractivity (Wildman–Crippen MR) is 78.9 cm³/mol. The van der Waals surface area contributed by atoms with Crippen molar-refractivity contribution in [1.29, 1.82) is 0 Å². The van der Waals surface area contributed by atoms with E-state index in [1.54, 1.807) is 25.1 Å². The molecule has 1 N–H and O–H groups in total. The largest absolute Gasteiger partial charge is 0.504 e. The summed E-state index contributed by atoms with van der Waals surface area (Å²) in [6.45, 7) is 3.74. The van der Waals surface area contributed by atoms with Gasteiger partial charge in [-0.05, 0) is 19.0 Å². The maximum Gasteiger partial charge on any atom is 0.236 e. The lowest BCUT2D eigenvalue weighted by Gasteiger charge is -2.23. The zero-order valence-electron chi connectivity index (χ0n) is 12.7. The highest BCUT2D eigenvalue weighted by Crippen LogP contribution is 2.30. The van der Waals surface area contributed by atoms with Gasteiger partial charge in [-0.15, -0.1) is 0 Å². The summed E-state index contributed by atoms with van der Waals surface area (Å²) in [6.07, 6.45) is 0.950. The van der Waals surface area contributed by atoms with Crippen molar-refractivity contribution in [3.8, 4) is 11.5 Å². The highest BCUT2D eigenvalue weighted by Gasteiger charge is 2.15. The van der Waals surface area contributed by atoms with Crippen LogP contribution in [0.4, 0.5) is 0 Å². The van der Waals surface area contributed by atoms with Crippen LogP contribution in [-0.4, -0.2) is 55.1 Å². The summed E-state index contributed by atoms with van der Waals surface area (Å²) in [5.74, 6) is 0.659. The summed E-state index contributed by atoms with van der Waals surface area (Å²) in [6, 6.07) is 5.40. The van der Waals surface area contributed by atoms with Gasteiger partial charge >= 0.3 is 0 Å². The van der Waals surface area contributed by atoms with Crippen LogP contribution < -0.4 is 4.74 Å². The lowest BCUT2D eigenvalue weighted by molar-refractivity contribution is -0.130. The number of phenols is 1. The second-order valence-electron chi connectivity index (χ2n) is 4.97. The van der Waals surface area contributed by atoms with Crippen molar-refractivity contribution in [3.63, 3.8) is 0 Å². The first-order valence-electron chi connectivity index (χ1n) is 6.77. The number of carbonyl (C=O) groups excluding carboxylic acids is 1. The van der Waals surface area contributed by atoms with Gasteiger partial charge in [-0.25, -0.2) is 0 Å². The molecule has 20 heavy (non-hydrogen) atoms. The van der Waals surface area contributed by atoms with Crippen molar-refractivity contribution in [2.75, 3.05) is 34.3 Å². The molecule has 0 spiro atoms. The molecule has 5 nitrogen and oxygen atoms in total. The number of hydrogen-bond donors (Lipinski definition) is 1. The highest BCUT2D eigenvalue weighted by atomic mass is 16.5. The van der Waals surface area contributed by atoms with E-state index in [1.165, 1.54) is 7.11 Å². The molecule has 0 fully saturated rings. The number of aromatic hydroxyl groups is 1. The van der Waals surface area contributed by atoms with Crippen molar-refractivity contribution < 1.29 is 14.6 Å². The number of methoxy groups -OCH3 is 1. The van der Waals surface area contributed by atoms with E-state index in [1.807, 2.05) is 17.0 Å². The number of benzene rings is 1. The molecule has 0 radical (unpaired) electrons. The van der Waals surface area contributed by atoms with Crippen molar-refractivity contribution in [2.24, 2.45) is 0 Å². The molecule has 1 amide bonds. The van der Waals surface area contributed by atoms with Gasteiger partial charge in [-0.2, -0.15) is 0 Å². The Kier molecular flexibility index (Phi) is 6.31. The topological polar surface area (TPSA) is 53.0 Å². The molecule has 0 atom stereocenters. The number of ether oxygens (including phenoxy) is 1. The number of phenolic OH excluding ortho intramolecular Hbond substituents is 1. The standard InChI is InChI=1S/C15H24N2O3/c1-5-9-17(11-14(18)16(2)3)10-12-7-6-8-13(20-4)15(12)19/h6-8,19H,5,9-11H2,1-4H3. The summed E-state index contributed by atoms with van der Waals surface area (Å²) in [7, 11) is 5.02. The Morgan fingerprint density at radius 3 is 2.60 bits per heavy atom. The van der Waals surface area contributed by atoms with Gasteiger partial charge in [0.15, 0.2) is 11.5 Å². The van der Waals surface area contributed by atoms with E-state index in [9.17, 15) is 9.90 Å². The molecule has 0 bridgehead atoms. The molecule has 1 aromatic rings. The van der Waals surface area contributed by atoms with E-state index in [0.29, 0.717) is 18.8 Å². The molecule has 0 saturated heterocycles. The Balaban J connectivity index is 2.82. The maximum atomic E-state index is 11.8. The Morgan fingerprint density at radius 2 is 2.05 bits per heavy atom. The number of hydrogen-bond acceptors (Lipinski definition) is 4. The molecular weight excluding hydrogens is 256 g/mol. The molecule has 0 unspecified atom stereocenters. The molecule has 0 aliphatic heterocycles. The minimum absolute atomic E-state index is 0.0563. The molecule has 0 saturated carbocycles. The predicted octanol–water partition coefficient (Wildman–Crippen LogP) is 1.70. The van der Waals surface area contributed by atoms with Crippen molar-refractivity contribution in [1.82, 2.24) is 9.80 Å². The molecule has 0 aliphatic carbocycles. The first kappa shape index (κ1) is 16.3. The Labute approximate surface area is 120 Å². The zero-order chi connectivity index (χ0) is 15.1. The number of rotatable bonds is 7. The van der Waals surface area contributed by atoms with Gasteiger partial charge in [-0.3, -0.25) is 9.69 Å². The third-order valence-electron chi connectivity index (χ3n) is 3.09. The average Bonchev–Trinajstić information content (AvgIpc) is 2.41. The van der Waals surface area contributed by atoms with Crippen LogP contribution in [0.5, 0.6) is 11.5 Å². The van der Waals surface area contributed by atoms with E-state index >= 15 is 0 Å². The Morgan fingerprint density at radius 1 is 1.35 bits per heavy atom. The van der Waals surface area contributed by atoms with Crippen LogP contribution in [0.3, 0.4) is 0 Å². The Hall–Kier alpha value is -1.75. The van der Waals surface area contributed by atoms with Crippen LogP contribution in [0, 0.1) is 0 Å². The quantitative estimate of drug-likeness (QED) is 0.826. The maximum absolute atomic E-state index is 11.8. The van der Waals surface area contributed by atoms with Gasteiger partial charge in [0.2, 0.25) is 5.91 Å². The van der Waals surface area contributed by atoms with E-state index in [0.717, 1.165) is 18.5 Å². The number of para-hydroxylation sites is 1. The summed E-state index contributed by atoms with van der Waals surface area (Å²) >= 11 is 0. The monoisotopic (exact) mass is 280 g/mol. The Bertz CT molecular complexity index is 447. The number of likely N-dealkylation sites (N-methyl/N-ethyl adjacent to an activating group) is 1. The van der Waals surface area contributed by atoms with Crippen LogP contribution in [0.15, 0.2) is 18.2 Å².